The first-order valence-electron chi connectivity index (χ1n) is 7.66. The van der Waals surface area contributed by atoms with E-state index in [-0.39, 0.29) is 70.3 Å². The van der Waals surface area contributed by atoms with Crippen LogP contribution in [0, 0.1) is 6.92 Å². The second-order valence-corrected chi connectivity index (χ2v) is 7.16. The van der Waals surface area contributed by atoms with Crippen LogP contribution < -0.4 is 4.90 Å². The Labute approximate surface area is 204 Å². The number of hydrogen-bond donors (Lipinski definition) is 1. The summed E-state index contributed by atoms with van der Waals surface area (Å²) in [5.41, 5.74) is 2.70. The zero-order valence-corrected chi connectivity index (χ0v) is 19.4. The van der Waals surface area contributed by atoms with E-state index in [1.54, 1.807) is 35.2 Å². The number of anilines is 1. The van der Waals surface area contributed by atoms with Gasteiger partial charge in [-0.05, 0) is 36.8 Å². The van der Waals surface area contributed by atoms with E-state index in [0.29, 0.717) is 27.5 Å². The monoisotopic (exact) mass is 433 g/mol. The summed E-state index contributed by atoms with van der Waals surface area (Å²) in [5, 5.41) is 3.93. The zero-order chi connectivity index (χ0) is 18.9. The smallest absolute Gasteiger partial charge is 0.307 e. The SMILES string of the molecule is Cc1ccccc1C(=O)N1CC/C(=N/OS(=O)(=O)O)c2ccc(Cl)cc21.[K]. The van der Waals surface area contributed by atoms with Gasteiger partial charge in [0.15, 0.2) is 0 Å². The van der Waals surface area contributed by atoms with Gasteiger partial charge in [-0.15, -0.1) is 0 Å². The maximum atomic E-state index is 13.0. The normalized spacial score (nSPS) is 15.1. The van der Waals surface area contributed by atoms with Crippen LogP contribution in [0.3, 0.4) is 0 Å². The number of aryl methyl sites for hydroxylation is 1. The van der Waals surface area contributed by atoms with E-state index < -0.39 is 10.4 Å². The molecule has 2 aromatic rings. The minimum atomic E-state index is -4.71. The number of oxime groups is 1. The molecule has 3 rings (SSSR count). The van der Waals surface area contributed by atoms with Crippen molar-refractivity contribution in [3.8, 4) is 0 Å². The quantitative estimate of drug-likeness (QED) is 0.456. The molecule has 10 heteroatoms. The number of fused-ring (bicyclic) bond motifs is 1. The van der Waals surface area contributed by atoms with E-state index in [9.17, 15) is 13.2 Å². The van der Waals surface area contributed by atoms with E-state index >= 15 is 0 Å². The van der Waals surface area contributed by atoms with Crippen molar-refractivity contribution in [2.45, 2.75) is 13.3 Å². The Morgan fingerprint density at radius 1 is 1.26 bits per heavy atom. The molecule has 1 amide bonds. The third-order valence-electron chi connectivity index (χ3n) is 4.00. The van der Waals surface area contributed by atoms with Gasteiger partial charge < -0.3 is 4.90 Å². The molecule has 137 valence electrons. The van der Waals surface area contributed by atoms with E-state index in [2.05, 4.69) is 9.44 Å². The van der Waals surface area contributed by atoms with Crippen LogP contribution in [0.4, 0.5) is 5.69 Å². The van der Waals surface area contributed by atoms with Crippen LogP contribution in [0.15, 0.2) is 47.6 Å². The molecule has 1 N–H and O–H groups in total. The standard InChI is InChI=1S/C17H15ClN2O5S.K/c1-11-4-2-3-5-13(11)17(21)20-9-8-15(19-25-26(22,23)24)14-7-6-12(18)10-16(14)20;/h2-7,10H,8-9H2,1H3,(H,22,23,24);/b19-15-;. The van der Waals surface area contributed by atoms with Gasteiger partial charge in [0.05, 0.1) is 11.4 Å². The van der Waals surface area contributed by atoms with Crippen molar-refractivity contribution in [2.24, 2.45) is 5.16 Å². The average molecular weight is 434 g/mol. The summed E-state index contributed by atoms with van der Waals surface area (Å²) in [5.74, 6) is -0.193. The molecule has 0 saturated heterocycles. The molecule has 0 atom stereocenters. The van der Waals surface area contributed by atoms with Gasteiger partial charge in [-0.3, -0.25) is 9.35 Å². The Hall–Kier alpha value is -0.784. The van der Waals surface area contributed by atoms with Crippen molar-refractivity contribution in [1.82, 2.24) is 0 Å². The van der Waals surface area contributed by atoms with Gasteiger partial charge in [0, 0.05) is 80.5 Å². The van der Waals surface area contributed by atoms with Crippen LogP contribution in [0.5, 0.6) is 0 Å². The molecule has 0 saturated carbocycles. The zero-order valence-electron chi connectivity index (χ0n) is 14.7. The minimum absolute atomic E-state index is 0. The largest absolute Gasteiger partial charge is 0.466 e. The van der Waals surface area contributed by atoms with Crippen LogP contribution in [-0.2, 0) is 14.7 Å². The topological polar surface area (TPSA) is 96.3 Å². The first kappa shape index (κ1) is 22.5. The van der Waals surface area contributed by atoms with Gasteiger partial charge in [0.1, 0.15) is 0 Å². The molecule has 1 heterocycles. The number of halogens is 1. The fourth-order valence-electron chi connectivity index (χ4n) is 2.80. The summed E-state index contributed by atoms with van der Waals surface area (Å²) in [6.45, 7) is 2.11. The van der Waals surface area contributed by atoms with Gasteiger partial charge in [0.25, 0.3) is 5.91 Å². The van der Waals surface area contributed by atoms with Gasteiger partial charge in [-0.2, -0.15) is 8.42 Å². The molecule has 2 aromatic carbocycles. The molecule has 1 aliphatic heterocycles. The summed E-state index contributed by atoms with van der Waals surface area (Å²) in [7, 11) is -4.71. The second kappa shape index (κ2) is 9.14. The van der Waals surface area contributed by atoms with E-state index in [1.165, 1.54) is 0 Å². The summed E-state index contributed by atoms with van der Waals surface area (Å²) in [4.78, 5) is 14.6. The molecule has 0 aromatic heterocycles. The molecule has 0 spiro atoms. The minimum Gasteiger partial charge on any atom is -0.307 e. The van der Waals surface area contributed by atoms with Gasteiger partial charge in [0.2, 0.25) is 0 Å². The number of carbonyl (C=O) groups excluding carboxylic acids is 1. The van der Waals surface area contributed by atoms with Crippen molar-refractivity contribution in [1.29, 1.82) is 0 Å². The van der Waals surface area contributed by atoms with E-state index in [0.717, 1.165) is 5.56 Å². The van der Waals surface area contributed by atoms with Crippen LogP contribution in [0.1, 0.15) is 27.9 Å². The predicted molar refractivity (Wildman–Crippen MR) is 104 cm³/mol. The van der Waals surface area contributed by atoms with Crippen LogP contribution in [0.25, 0.3) is 0 Å². The Morgan fingerprint density at radius 2 is 1.96 bits per heavy atom. The number of carbonyl (C=O) groups is 1. The first-order valence-corrected chi connectivity index (χ1v) is 9.41. The van der Waals surface area contributed by atoms with Crippen LogP contribution in [-0.4, -0.2) is 82.5 Å². The fraction of sp³-hybridized carbons (Fsp3) is 0.176. The van der Waals surface area contributed by atoms with Gasteiger partial charge >= 0.3 is 10.4 Å². The molecule has 0 unspecified atom stereocenters. The van der Waals surface area contributed by atoms with Gasteiger partial charge in [-0.25, -0.2) is 4.28 Å². The summed E-state index contributed by atoms with van der Waals surface area (Å²) >= 11 is 6.08. The van der Waals surface area contributed by atoms with Crippen LogP contribution in [0.2, 0.25) is 5.02 Å². The summed E-state index contributed by atoms with van der Waals surface area (Å²) in [6.07, 6.45) is 0.252. The third kappa shape index (κ3) is 5.39. The van der Waals surface area contributed by atoms with Crippen molar-refractivity contribution in [3.05, 3.63) is 64.2 Å². The second-order valence-electron chi connectivity index (χ2n) is 5.72. The molecular weight excluding hydrogens is 419 g/mol. The van der Waals surface area contributed by atoms with Crippen molar-refractivity contribution < 1.29 is 22.0 Å². The molecule has 1 aliphatic rings. The van der Waals surface area contributed by atoms with Gasteiger partial charge in [-0.1, -0.05) is 35.0 Å². The van der Waals surface area contributed by atoms with E-state index in [4.69, 9.17) is 16.2 Å². The fourth-order valence-corrected chi connectivity index (χ4v) is 3.15. The van der Waals surface area contributed by atoms with Crippen molar-refractivity contribution >= 4 is 90.7 Å². The number of benzene rings is 2. The first-order chi connectivity index (χ1) is 12.3. The molecule has 7 nitrogen and oxygen atoms in total. The van der Waals surface area contributed by atoms with Crippen molar-refractivity contribution in [2.75, 3.05) is 11.4 Å². The molecule has 0 bridgehead atoms. The van der Waals surface area contributed by atoms with Crippen molar-refractivity contribution in [3.63, 3.8) is 0 Å². The Morgan fingerprint density at radius 3 is 2.63 bits per heavy atom. The maximum Gasteiger partial charge on any atom is 0.466 e. The Bertz CT molecular complexity index is 1010. The number of hydrogen-bond acceptors (Lipinski definition) is 5. The molecule has 0 aliphatic carbocycles. The Kier molecular flexibility index (Phi) is 7.62. The summed E-state index contributed by atoms with van der Waals surface area (Å²) < 4.78 is 34.4. The Balaban J connectivity index is 0.00000261. The molecule has 27 heavy (non-hydrogen) atoms. The maximum absolute atomic E-state index is 13.0. The number of rotatable bonds is 3. The third-order valence-corrected chi connectivity index (χ3v) is 4.49. The van der Waals surface area contributed by atoms with Crippen LogP contribution >= 0.6 is 11.6 Å². The summed E-state index contributed by atoms with van der Waals surface area (Å²) in [6, 6.07) is 12.1. The molecule has 1 radical (unpaired) electrons. The number of amides is 1. The molecule has 0 fully saturated rings. The van der Waals surface area contributed by atoms with E-state index in [1.807, 2.05) is 19.1 Å². The average Bonchev–Trinajstić information content (AvgIpc) is 2.58. The molecular formula is C17H15ClKN2O5S. The number of nitrogens with zero attached hydrogens (tertiary/aromatic N) is 2. The predicted octanol–water partition coefficient (Wildman–Crippen LogP) is 2.84.